The van der Waals surface area contributed by atoms with Crippen LogP contribution in [0.5, 0.6) is 0 Å². The molecule has 37 heavy (non-hydrogen) atoms. The van der Waals surface area contributed by atoms with Gasteiger partial charge in [0.25, 0.3) is 0 Å². The largest absolute Gasteiger partial charge is 0.460 e. The van der Waals surface area contributed by atoms with Gasteiger partial charge in [0.2, 0.25) is 16.0 Å². The highest BCUT2D eigenvalue weighted by Crippen LogP contribution is 2.26. The van der Waals surface area contributed by atoms with Crippen molar-refractivity contribution in [2.45, 2.75) is 25.9 Å². The van der Waals surface area contributed by atoms with Crippen LogP contribution in [0.4, 0.5) is 10.3 Å². The Hall–Kier alpha value is -3.65. The lowest BCUT2D eigenvalue weighted by atomic mass is 10.0. The Morgan fingerprint density at radius 3 is 2.57 bits per heavy atom. The summed E-state index contributed by atoms with van der Waals surface area (Å²) in [5.74, 6) is -1.06. The highest BCUT2D eigenvalue weighted by Gasteiger charge is 2.19. The fourth-order valence-electron chi connectivity index (χ4n) is 3.43. The van der Waals surface area contributed by atoms with Crippen LogP contribution in [-0.4, -0.2) is 79.8 Å². The van der Waals surface area contributed by atoms with Crippen LogP contribution in [0.15, 0.2) is 35.7 Å². The number of carbonyl (C=O) groups is 1. The van der Waals surface area contributed by atoms with E-state index in [0.29, 0.717) is 37.4 Å². The fraction of sp³-hybridized carbons (Fsp3) is 0.435. The molecule has 1 aliphatic rings. The molecular formula is C23H30FN7O5S. The zero-order valence-corrected chi connectivity index (χ0v) is 21.5. The van der Waals surface area contributed by atoms with E-state index in [1.807, 2.05) is 4.90 Å². The van der Waals surface area contributed by atoms with E-state index in [4.69, 9.17) is 20.7 Å². The summed E-state index contributed by atoms with van der Waals surface area (Å²) in [6, 6.07) is 4.74. The first-order valence-electron chi connectivity index (χ1n) is 11.5. The molecule has 0 spiro atoms. The minimum Gasteiger partial charge on any atom is -0.460 e. The average molecular weight is 536 g/mol. The number of anilines is 1. The van der Waals surface area contributed by atoms with E-state index in [-0.39, 0.29) is 43.1 Å². The smallest absolute Gasteiger partial charge is 0.313 e. The number of sulfonamides is 1. The van der Waals surface area contributed by atoms with Gasteiger partial charge in [0, 0.05) is 62.1 Å². The number of hydrogen-bond donors (Lipinski definition) is 2. The zero-order chi connectivity index (χ0) is 27.0. The first-order valence-corrected chi connectivity index (χ1v) is 13.3. The van der Waals surface area contributed by atoms with E-state index in [1.165, 1.54) is 29.8 Å². The molecule has 3 N–H and O–H groups in total. The standard InChI is InChI=1S/C23H30FN7O5S/c1-30(37(2,33)34)10-11-36-29-18-6-8-31(9-7-18)23-27-13-17(14-28-23)19-5-3-4-16(22(19)24)15-35-21(32)12-20(25)26/h3-5,13-14H,6-12,15H2,1-2H3,(H3,25,26). The topological polar surface area (TPSA) is 164 Å². The summed E-state index contributed by atoms with van der Waals surface area (Å²) >= 11 is 0. The summed E-state index contributed by atoms with van der Waals surface area (Å²) < 4.78 is 44.0. The molecule has 2 aromatic rings. The first-order chi connectivity index (χ1) is 17.5. The molecule has 1 aromatic heterocycles. The monoisotopic (exact) mass is 535 g/mol. The van der Waals surface area contributed by atoms with Gasteiger partial charge < -0.3 is 20.2 Å². The number of carbonyl (C=O) groups excluding carboxylic acids is 1. The maximum Gasteiger partial charge on any atom is 0.313 e. The molecule has 1 aromatic carbocycles. The number of ether oxygens (including phenoxy) is 1. The summed E-state index contributed by atoms with van der Waals surface area (Å²) in [5, 5.41) is 11.2. The molecule has 1 fully saturated rings. The number of oxime groups is 1. The van der Waals surface area contributed by atoms with Crippen LogP contribution < -0.4 is 10.6 Å². The van der Waals surface area contributed by atoms with Crippen LogP contribution in [0.2, 0.25) is 0 Å². The van der Waals surface area contributed by atoms with E-state index in [9.17, 15) is 13.2 Å². The molecule has 1 saturated heterocycles. The number of benzene rings is 1. The van der Waals surface area contributed by atoms with Gasteiger partial charge in [0.1, 0.15) is 31.3 Å². The van der Waals surface area contributed by atoms with Crippen molar-refractivity contribution in [3.63, 3.8) is 0 Å². The predicted molar refractivity (Wildman–Crippen MR) is 136 cm³/mol. The summed E-state index contributed by atoms with van der Waals surface area (Å²) in [7, 11) is -1.76. The molecule has 0 amide bonds. The Morgan fingerprint density at radius 1 is 1.27 bits per heavy atom. The number of hydrogen-bond acceptors (Lipinski definition) is 10. The number of nitrogens with zero attached hydrogens (tertiary/aromatic N) is 5. The van der Waals surface area contributed by atoms with Crippen molar-refractivity contribution in [3.8, 4) is 11.1 Å². The van der Waals surface area contributed by atoms with Crippen molar-refractivity contribution >= 4 is 33.5 Å². The number of nitrogens with two attached hydrogens (primary N) is 1. The van der Waals surface area contributed by atoms with Gasteiger partial charge in [-0.25, -0.2) is 27.1 Å². The molecule has 2 heterocycles. The molecule has 3 rings (SSSR count). The van der Waals surface area contributed by atoms with E-state index in [1.54, 1.807) is 12.1 Å². The lowest BCUT2D eigenvalue weighted by Gasteiger charge is -2.27. The van der Waals surface area contributed by atoms with E-state index in [0.717, 1.165) is 12.0 Å². The minimum atomic E-state index is -3.25. The first kappa shape index (κ1) is 27.9. The number of likely N-dealkylation sites (N-methyl/N-ethyl adjacent to an activating group) is 1. The molecule has 0 unspecified atom stereocenters. The third-order valence-corrected chi connectivity index (χ3v) is 6.95. The van der Waals surface area contributed by atoms with Crippen LogP contribution in [0.25, 0.3) is 11.1 Å². The molecule has 1 aliphatic heterocycles. The normalized spacial score (nSPS) is 13.9. The Labute approximate surface area is 214 Å². The second-order valence-electron chi connectivity index (χ2n) is 8.48. The van der Waals surface area contributed by atoms with Crippen molar-refractivity contribution in [2.75, 3.05) is 44.4 Å². The van der Waals surface area contributed by atoms with E-state index in [2.05, 4.69) is 15.1 Å². The molecular weight excluding hydrogens is 505 g/mol. The number of rotatable bonds is 11. The van der Waals surface area contributed by atoms with Gasteiger partial charge in [-0.1, -0.05) is 23.4 Å². The lowest BCUT2D eigenvalue weighted by molar-refractivity contribution is -0.143. The molecule has 0 atom stereocenters. The molecule has 0 aliphatic carbocycles. The molecule has 12 nitrogen and oxygen atoms in total. The van der Waals surface area contributed by atoms with E-state index < -0.39 is 21.8 Å². The van der Waals surface area contributed by atoms with Gasteiger partial charge in [0.15, 0.2) is 0 Å². The maximum absolute atomic E-state index is 15.0. The zero-order valence-electron chi connectivity index (χ0n) is 20.7. The minimum absolute atomic E-state index is 0.167. The number of amidine groups is 1. The molecule has 14 heteroatoms. The number of nitrogens with one attached hydrogen (secondary N) is 1. The molecule has 0 saturated carbocycles. The summed E-state index contributed by atoms with van der Waals surface area (Å²) in [5.41, 5.74) is 6.98. The Kier molecular flexibility index (Phi) is 9.47. The van der Waals surface area contributed by atoms with Crippen molar-refractivity contribution < 1.29 is 27.2 Å². The predicted octanol–water partition coefficient (Wildman–Crippen LogP) is 1.52. The van der Waals surface area contributed by atoms with Gasteiger partial charge >= 0.3 is 5.97 Å². The van der Waals surface area contributed by atoms with Crippen LogP contribution in [0, 0.1) is 11.2 Å². The summed E-state index contributed by atoms with van der Waals surface area (Å²) in [4.78, 5) is 27.6. The molecule has 0 bridgehead atoms. The Bertz CT molecular complexity index is 1240. The van der Waals surface area contributed by atoms with Crippen LogP contribution in [0.1, 0.15) is 24.8 Å². The Morgan fingerprint density at radius 2 is 1.95 bits per heavy atom. The third kappa shape index (κ3) is 8.18. The highest BCUT2D eigenvalue weighted by molar-refractivity contribution is 7.88. The van der Waals surface area contributed by atoms with Gasteiger partial charge in [-0.2, -0.15) is 0 Å². The third-order valence-electron chi connectivity index (χ3n) is 5.63. The van der Waals surface area contributed by atoms with Crippen molar-refractivity contribution in [2.24, 2.45) is 10.9 Å². The lowest BCUT2D eigenvalue weighted by Crippen LogP contribution is -2.35. The summed E-state index contributed by atoms with van der Waals surface area (Å²) in [6.07, 6.45) is 5.15. The summed E-state index contributed by atoms with van der Waals surface area (Å²) in [6.45, 7) is 1.36. The van der Waals surface area contributed by atoms with Crippen LogP contribution in [-0.2, 0) is 31.0 Å². The molecule has 0 radical (unpaired) electrons. The van der Waals surface area contributed by atoms with E-state index >= 15 is 4.39 Å². The quantitative estimate of drug-likeness (QED) is 0.143. The van der Waals surface area contributed by atoms with Crippen LogP contribution in [0.3, 0.4) is 0 Å². The van der Waals surface area contributed by atoms with Crippen molar-refractivity contribution in [1.29, 1.82) is 5.41 Å². The second-order valence-corrected chi connectivity index (χ2v) is 10.6. The van der Waals surface area contributed by atoms with Gasteiger partial charge in [-0.15, -0.1) is 0 Å². The maximum atomic E-state index is 15.0. The van der Waals surface area contributed by atoms with Crippen LogP contribution >= 0.6 is 0 Å². The van der Waals surface area contributed by atoms with Crippen molar-refractivity contribution in [1.82, 2.24) is 14.3 Å². The molecule has 200 valence electrons. The number of halogens is 1. The number of aromatic nitrogens is 2. The SMILES string of the molecule is CN(CCON=C1CCN(c2ncc(-c3cccc(COC(=O)CC(=N)N)c3F)cn2)CC1)S(C)(=O)=O. The van der Waals surface area contributed by atoms with Gasteiger partial charge in [-0.3, -0.25) is 10.2 Å². The Balaban J connectivity index is 1.54. The second kappa shape index (κ2) is 12.5. The van der Waals surface area contributed by atoms with Gasteiger partial charge in [-0.05, 0) is 0 Å². The number of piperidine rings is 1. The number of esters is 1. The average Bonchev–Trinajstić information content (AvgIpc) is 2.85. The van der Waals surface area contributed by atoms with Crippen molar-refractivity contribution in [3.05, 3.63) is 42.0 Å². The fourth-order valence-corrected chi connectivity index (χ4v) is 3.84. The highest BCUT2D eigenvalue weighted by atomic mass is 32.2. The van der Waals surface area contributed by atoms with Gasteiger partial charge in [0.05, 0.1) is 18.5 Å².